The average Bonchev–Trinajstić information content (AvgIpc) is 2.41. The number of pyridine rings is 1. The van der Waals surface area contributed by atoms with Crippen molar-refractivity contribution in [3.05, 3.63) is 72.6 Å². The number of hydrogen-bond donors (Lipinski definition) is 1. The van der Waals surface area contributed by atoms with Crippen molar-refractivity contribution >= 4 is 5.57 Å². The molecule has 2 aromatic rings. The normalized spacial score (nSPS) is 10.1. The van der Waals surface area contributed by atoms with E-state index in [1.54, 1.807) is 6.20 Å². The molecule has 1 aromatic carbocycles. The quantitative estimate of drug-likeness (QED) is 0.844. The zero-order chi connectivity index (χ0) is 11.9. The Bertz CT molecular complexity index is 463. The van der Waals surface area contributed by atoms with Gasteiger partial charge < -0.3 is 5.32 Å². The minimum atomic E-state index is 0.791. The number of rotatable bonds is 5. The standard InChI is InChI=1S/C15H16N2/c1-13(15-7-3-2-4-8-15)10-17-12-14-6-5-9-16-11-14/h2-9,11,17H,1,10,12H2. The molecular formula is C15H16N2. The number of aromatic nitrogens is 1. The smallest absolute Gasteiger partial charge is 0.0312 e. The highest BCUT2D eigenvalue weighted by Gasteiger charge is 1.97. The molecule has 0 bridgehead atoms. The molecule has 0 unspecified atom stereocenters. The van der Waals surface area contributed by atoms with Crippen LogP contribution < -0.4 is 5.32 Å². The highest BCUT2D eigenvalue weighted by Crippen LogP contribution is 2.10. The van der Waals surface area contributed by atoms with Crippen LogP contribution in [0.4, 0.5) is 0 Å². The Kier molecular flexibility index (Phi) is 4.05. The van der Waals surface area contributed by atoms with E-state index in [1.165, 1.54) is 11.1 Å². The summed E-state index contributed by atoms with van der Waals surface area (Å²) in [6, 6.07) is 14.2. The van der Waals surface area contributed by atoms with E-state index < -0.39 is 0 Å². The summed E-state index contributed by atoms with van der Waals surface area (Å²) in [5.41, 5.74) is 3.48. The van der Waals surface area contributed by atoms with Crippen molar-refractivity contribution in [3.63, 3.8) is 0 Å². The Balaban J connectivity index is 1.82. The first-order valence-corrected chi connectivity index (χ1v) is 5.69. The van der Waals surface area contributed by atoms with Crippen molar-refractivity contribution in [2.24, 2.45) is 0 Å². The van der Waals surface area contributed by atoms with Gasteiger partial charge in [-0.1, -0.05) is 43.0 Å². The van der Waals surface area contributed by atoms with Crippen LogP contribution in [0, 0.1) is 0 Å². The zero-order valence-corrected chi connectivity index (χ0v) is 9.76. The van der Waals surface area contributed by atoms with Crippen molar-refractivity contribution in [2.75, 3.05) is 6.54 Å². The van der Waals surface area contributed by atoms with Crippen molar-refractivity contribution in [1.29, 1.82) is 0 Å². The van der Waals surface area contributed by atoms with Gasteiger partial charge in [0.1, 0.15) is 0 Å². The molecule has 1 aromatic heterocycles. The van der Waals surface area contributed by atoms with Crippen molar-refractivity contribution < 1.29 is 0 Å². The molecule has 0 saturated heterocycles. The maximum absolute atomic E-state index is 4.08. The molecule has 1 heterocycles. The first-order chi connectivity index (χ1) is 8.36. The van der Waals surface area contributed by atoms with Gasteiger partial charge in [-0.05, 0) is 22.8 Å². The highest BCUT2D eigenvalue weighted by atomic mass is 14.9. The molecule has 0 aliphatic carbocycles. The van der Waals surface area contributed by atoms with E-state index in [-0.39, 0.29) is 0 Å². The summed E-state index contributed by atoms with van der Waals surface area (Å²) < 4.78 is 0. The Morgan fingerprint density at radius 1 is 1.12 bits per heavy atom. The van der Waals surface area contributed by atoms with Crippen LogP contribution in [0.2, 0.25) is 0 Å². The number of nitrogens with zero attached hydrogens (tertiary/aromatic N) is 1. The van der Waals surface area contributed by atoms with E-state index in [2.05, 4.69) is 35.1 Å². The molecule has 0 fully saturated rings. The van der Waals surface area contributed by atoms with Gasteiger partial charge in [-0.25, -0.2) is 0 Å². The second-order valence-electron chi connectivity index (χ2n) is 3.93. The molecule has 0 radical (unpaired) electrons. The van der Waals surface area contributed by atoms with Crippen LogP contribution in [0.3, 0.4) is 0 Å². The predicted molar refractivity (Wildman–Crippen MR) is 71.4 cm³/mol. The Morgan fingerprint density at radius 3 is 2.65 bits per heavy atom. The third kappa shape index (κ3) is 3.54. The molecule has 2 heteroatoms. The molecule has 0 aliphatic rings. The molecule has 0 atom stereocenters. The molecular weight excluding hydrogens is 208 g/mol. The summed E-state index contributed by atoms with van der Waals surface area (Å²) in [4.78, 5) is 4.08. The van der Waals surface area contributed by atoms with Gasteiger partial charge in [0.05, 0.1) is 0 Å². The third-order valence-corrected chi connectivity index (χ3v) is 2.57. The van der Waals surface area contributed by atoms with Gasteiger partial charge in [0.2, 0.25) is 0 Å². The summed E-state index contributed by atoms with van der Waals surface area (Å²) in [6.45, 7) is 5.69. The van der Waals surface area contributed by atoms with Crippen LogP contribution in [-0.4, -0.2) is 11.5 Å². The molecule has 1 N–H and O–H groups in total. The first-order valence-electron chi connectivity index (χ1n) is 5.69. The van der Waals surface area contributed by atoms with Gasteiger partial charge in [-0.3, -0.25) is 4.98 Å². The van der Waals surface area contributed by atoms with Gasteiger partial charge >= 0.3 is 0 Å². The van der Waals surface area contributed by atoms with Gasteiger partial charge in [0.15, 0.2) is 0 Å². The van der Waals surface area contributed by atoms with Gasteiger partial charge in [0.25, 0.3) is 0 Å². The fourth-order valence-corrected chi connectivity index (χ4v) is 1.64. The van der Waals surface area contributed by atoms with Crippen LogP contribution in [0.1, 0.15) is 11.1 Å². The van der Waals surface area contributed by atoms with Gasteiger partial charge in [0, 0.05) is 25.5 Å². The lowest BCUT2D eigenvalue weighted by molar-refractivity contribution is 0.765. The van der Waals surface area contributed by atoms with E-state index in [9.17, 15) is 0 Å². The summed E-state index contributed by atoms with van der Waals surface area (Å²) in [7, 11) is 0. The topological polar surface area (TPSA) is 24.9 Å². The molecule has 0 spiro atoms. The van der Waals surface area contributed by atoms with Crippen molar-refractivity contribution in [2.45, 2.75) is 6.54 Å². The zero-order valence-electron chi connectivity index (χ0n) is 9.76. The van der Waals surface area contributed by atoms with Crippen LogP contribution in [0.5, 0.6) is 0 Å². The SMILES string of the molecule is C=C(CNCc1cccnc1)c1ccccc1. The molecule has 2 nitrogen and oxygen atoms in total. The summed E-state index contributed by atoms with van der Waals surface area (Å²) >= 11 is 0. The second-order valence-corrected chi connectivity index (χ2v) is 3.93. The predicted octanol–water partition coefficient (Wildman–Crippen LogP) is 2.88. The van der Waals surface area contributed by atoms with Gasteiger partial charge in [-0.2, -0.15) is 0 Å². The van der Waals surface area contributed by atoms with E-state index in [0.717, 1.165) is 18.7 Å². The van der Waals surface area contributed by atoms with Gasteiger partial charge in [-0.15, -0.1) is 0 Å². The molecule has 0 saturated carbocycles. The number of nitrogens with one attached hydrogen (secondary N) is 1. The van der Waals surface area contributed by atoms with Crippen LogP contribution >= 0.6 is 0 Å². The van der Waals surface area contributed by atoms with Crippen LogP contribution in [0.25, 0.3) is 5.57 Å². The first kappa shape index (κ1) is 11.6. The fraction of sp³-hybridized carbons (Fsp3) is 0.133. The fourth-order valence-electron chi connectivity index (χ4n) is 1.64. The highest BCUT2D eigenvalue weighted by molar-refractivity contribution is 5.64. The van der Waals surface area contributed by atoms with E-state index in [4.69, 9.17) is 0 Å². The largest absolute Gasteiger partial charge is 0.309 e. The molecule has 0 amide bonds. The lowest BCUT2D eigenvalue weighted by Crippen LogP contribution is -2.15. The lowest BCUT2D eigenvalue weighted by atomic mass is 10.1. The Hall–Kier alpha value is -1.93. The number of benzene rings is 1. The monoisotopic (exact) mass is 224 g/mol. The second kappa shape index (κ2) is 5.97. The molecule has 0 aliphatic heterocycles. The van der Waals surface area contributed by atoms with Crippen LogP contribution in [-0.2, 0) is 6.54 Å². The average molecular weight is 224 g/mol. The van der Waals surface area contributed by atoms with E-state index in [1.807, 2.05) is 30.5 Å². The molecule has 86 valence electrons. The minimum absolute atomic E-state index is 0.791. The van der Waals surface area contributed by atoms with Crippen molar-refractivity contribution in [3.8, 4) is 0 Å². The minimum Gasteiger partial charge on any atom is -0.309 e. The summed E-state index contributed by atoms with van der Waals surface area (Å²) in [5, 5.41) is 3.36. The Morgan fingerprint density at radius 2 is 1.94 bits per heavy atom. The Labute approximate surface area is 102 Å². The molecule has 2 rings (SSSR count). The van der Waals surface area contributed by atoms with E-state index >= 15 is 0 Å². The molecule has 17 heavy (non-hydrogen) atoms. The van der Waals surface area contributed by atoms with E-state index in [0.29, 0.717) is 0 Å². The summed E-state index contributed by atoms with van der Waals surface area (Å²) in [6.07, 6.45) is 3.66. The maximum Gasteiger partial charge on any atom is 0.0312 e. The third-order valence-electron chi connectivity index (χ3n) is 2.57. The van der Waals surface area contributed by atoms with Crippen molar-refractivity contribution in [1.82, 2.24) is 10.3 Å². The maximum atomic E-state index is 4.08. The summed E-state index contributed by atoms with van der Waals surface area (Å²) in [5.74, 6) is 0. The lowest BCUT2D eigenvalue weighted by Gasteiger charge is -2.07. The van der Waals surface area contributed by atoms with Crippen LogP contribution in [0.15, 0.2) is 61.4 Å². The number of hydrogen-bond acceptors (Lipinski definition) is 2.